The number of pyridine rings is 1. The highest BCUT2D eigenvalue weighted by molar-refractivity contribution is 5.64. The molecule has 0 saturated carbocycles. The average molecular weight is 367 g/mol. The smallest absolute Gasteiger partial charge is 0.404 e. The van der Waals surface area contributed by atoms with Crippen LogP contribution in [0.25, 0.3) is 0 Å². The highest BCUT2D eigenvalue weighted by Gasteiger charge is 2.19. The fraction of sp³-hybridized carbons (Fsp3) is 0.647. The minimum Gasteiger partial charge on any atom is -0.450 e. The second-order valence-corrected chi connectivity index (χ2v) is 6.93. The molecule has 1 aromatic heterocycles. The SMILES string of the molecule is CC(C)CN(CC(C)C)c1ccc([N+](=O)[O-])c(NCCCOC(N)=O)n1. The van der Waals surface area contributed by atoms with Crippen molar-refractivity contribution in [2.45, 2.75) is 34.1 Å². The Kier molecular flexibility index (Phi) is 8.60. The molecule has 26 heavy (non-hydrogen) atoms. The molecule has 0 unspecified atom stereocenters. The lowest BCUT2D eigenvalue weighted by molar-refractivity contribution is -0.384. The van der Waals surface area contributed by atoms with Crippen LogP contribution in [0.1, 0.15) is 34.1 Å². The van der Waals surface area contributed by atoms with E-state index in [1.807, 2.05) is 0 Å². The number of carbonyl (C=O) groups is 1. The number of nitro groups is 1. The first kappa shape index (κ1) is 21.5. The van der Waals surface area contributed by atoms with Gasteiger partial charge in [-0.3, -0.25) is 10.1 Å². The van der Waals surface area contributed by atoms with E-state index in [4.69, 9.17) is 5.73 Å². The number of hydrogen-bond acceptors (Lipinski definition) is 7. The van der Waals surface area contributed by atoms with Gasteiger partial charge in [-0.25, -0.2) is 9.78 Å². The lowest BCUT2D eigenvalue weighted by Crippen LogP contribution is -2.32. The molecule has 146 valence electrons. The summed E-state index contributed by atoms with van der Waals surface area (Å²) < 4.78 is 4.64. The Bertz CT molecular complexity index is 597. The van der Waals surface area contributed by atoms with Crippen molar-refractivity contribution in [2.75, 3.05) is 36.5 Å². The van der Waals surface area contributed by atoms with Crippen LogP contribution in [0.3, 0.4) is 0 Å². The Morgan fingerprint density at radius 1 is 1.31 bits per heavy atom. The van der Waals surface area contributed by atoms with Gasteiger partial charge in [-0.1, -0.05) is 27.7 Å². The number of ether oxygens (including phenoxy) is 1. The molecule has 1 rings (SSSR count). The van der Waals surface area contributed by atoms with Crippen molar-refractivity contribution in [3.05, 3.63) is 22.2 Å². The molecule has 0 fully saturated rings. The van der Waals surface area contributed by atoms with E-state index >= 15 is 0 Å². The van der Waals surface area contributed by atoms with Gasteiger partial charge in [-0.05, 0) is 24.3 Å². The number of nitrogens with one attached hydrogen (secondary N) is 1. The van der Waals surface area contributed by atoms with Crippen molar-refractivity contribution in [3.8, 4) is 0 Å². The van der Waals surface area contributed by atoms with Crippen LogP contribution in [-0.2, 0) is 4.74 Å². The molecule has 9 heteroatoms. The van der Waals surface area contributed by atoms with Gasteiger partial charge in [0, 0.05) is 25.7 Å². The van der Waals surface area contributed by atoms with E-state index in [1.165, 1.54) is 6.07 Å². The quantitative estimate of drug-likeness (QED) is 0.350. The van der Waals surface area contributed by atoms with Crippen LogP contribution in [-0.4, -0.2) is 42.2 Å². The number of amides is 1. The standard InChI is InChI=1S/C17H29N5O4/c1-12(2)10-21(11-13(3)4)15-7-6-14(22(24)25)16(20-15)19-8-5-9-26-17(18)23/h6-7,12-13H,5,8-11H2,1-4H3,(H2,18,23)(H,19,20). The van der Waals surface area contributed by atoms with Crippen molar-refractivity contribution in [1.29, 1.82) is 0 Å². The Labute approximate surface area is 154 Å². The van der Waals surface area contributed by atoms with Gasteiger partial charge in [0.2, 0.25) is 5.82 Å². The van der Waals surface area contributed by atoms with Crippen LogP contribution in [0.5, 0.6) is 0 Å². The minimum absolute atomic E-state index is 0.0846. The molecule has 0 aliphatic carbocycles. The van der Waals surface area contributed by atoms with Gasteiger partial charge in [-0.2, -0.15) is 0 Å². The lowest BCUT2D eigenvalue weighted by Gasteiger charge is -2.27. The van der Waals surface area contributed by atoms with Crippen molar-refractivity contribution in [1.82, 2.24) is 4.98 Å². The molecule has 9 nitrogen and oxygen atoms in total. The summed E-state index contributed by atoms with van der Waals surface area (Å²) in [5, 5.41) is 14.2. The number of nitrogens with two attached hydrogens (primary N) is 1. The van der Waals surface area contributed by atoms with Crippen LogP contribution < -0.4 is 16.0 Å². The van der Waals surface area contributed by atoms with Crippen LogP contribution in [0.4, 0.5) is 22.1 Å². The molecule has 0 aromatic carbocycles. The third-order valence-corrected chi connectivity index (χ3v) is 3.41. The third-order valence-electron chi connectivity index (χ3n) is 3.41. The summed E-state index contributed by atoms with van der Waals surface area (Å²) >= 11 is 0. The van der Waals surface area contributed by atoms with E-state index in [9.17, 15) is 14.9 Å². The molecule has 1 aromatic rings. The molecule has 0 bridgehead atoms. The molecule has 0 aliphatic heterocycles. The van der Waals surface area contributed by atoms with Gasteiger partial charge in [0.05, 0.1) is 11.5 Å². The van der Waals surface area contributed by atoms with Crippen LogP contribution >= 0.6 is 0 Å². The van der Waals surface area contributed by atoms with Gasteiger partial charge < -0.3 is 20.7 Å². The molecule has 0 aliphatic rings. The van der Waals surface area contributed by atoms with Crippen molar-refractivity contribution in [3.63, 3.8) is 0 Å². The Hall–Kier alpha value is -2.58. The van der Waals surface area contributed by atoms with Crippen LogP contribution in [0.2, 0.25) is 0 Å². The summed E-state index contributed by atoms with van der Waals surface area (Å²) in [6.07, 6.45) is -0.373. The largest absolute Gasteiger partial charge is 0.450 e. The Balaban J connectivity index is 2.93. The monoisotopic (exact) mass is 367 g/mol. The summed E-state index contributed by atoms with van der Waals surface area (Å²) in [6.45, 7) is 10.6. The zero-order valence-electron chi connectivity index (χ0n) is 15.9. The van der Waals surface area contributed by atoms with E-state index in [-0.39, 0.29) is 18.1 Å². The van der Waals surface area contributed by atoms with Gasteiger partial charge in [0.15, 0.2) is 0 Å². The van der Waals surface area contributed by atoms with E-state index in [1.54, 1.807) is 6.07 Å². The van der Waals surface area contributed by atoms with E-state index in [0.29, 0.717) is 30.6 Å². The first-order chi connectivity index (χ1) is 12.2. The predicted molar refractivity (Wildman–Crippen MR) is 101 cm³/mol. The van der Waals surface area contributed by atoms with Crippen molar-refractivity contribution >= 4 is 23.4 Å². The normalized spacial score (nSPS) is 10.8. The van der Waals surface area contributed by atoms with E-state index in [2.05, 4.69) is 47.6 Å². The summed E-state index contributed by atoms with van der Waals surface area (Å²) in [5.41, 5.74) is 4.81. The topological polar surface area (TPSA) is 124 Å². The maximum Gasteiger partial charge on any atom is 0.404 e. The fourth-order valence-electron chi connectivity index (χ4n) is 2.49. The van der Waals surface area contributed by atoms with Gasteiger partial charge >= 0.3 is 11.8 Å². The minimum atomic E-state index is -0.839. The number of aromatic nitrogens is 1. The first-order valence-corrected chi connectivity index (χ1v) is 8.77. The third kappa shape index (κ3) is 7.54. The Morgan fingerprint density at radius 2 is 1.92 bits per heavy atom. The van der Waals surface area contributed by atoms with Crippen molar-refractivity contribution < 1.29 is 14.5 Å². The molecular weight excluding hydrogens is 338 g/mol. The fourth-order valence-corrected chi connectivity index (χ4v) is 2.49. The maximum absolute atomic E-state index is 11.3. The van der Waals surface area contributed by atoms with Crippen molar-refractivity contribution in [2.24, 2.45) is 17.6 Å². The molecule has 0 saturated heterocycles. The number of carbonyl (C=O) groups excluding carboxylic acids is 1. The molecule has 0 spiro atoms. The number of nitrogens with zero attached hydrogens (tertiary/aromatic N) is 3. The molecular formula is C17H29N5O4. The maximum atomic E-state index is 11.3. The summed E-state index contributed by atoms with van der Waals surface area (Å²) in [7, 11) is 0. The summed E-state index contributed by atoms with van der Waals surface area (Å²) in [4.78, 5) is 28.0. The van der Waals surface area contributed by atoms with Gasteiger partial charge in [-0.15, -0.1) is 0 Å². The van der Waals surface area contributed by atoms with Crippen LogP contribution in [0, 0.1) is 22.0 Å². The lowest BCUT2D eigenvalue weighted by atomic mass is 10.1. The second-order valence-electron chi connectivity index (χ2n) is 6.93. The number of primary amides is 1. The first-order valence-electron chi connectivity index (χ1n) is 8.77. The molecule has 1 heterocycles. The van der Waals surface area contributed by atoms with Gasteiger partial charge in [0.1, 0.15) is 5.82 Å². The van der Waals surface area contributed by atoms with Gasteiger partial charge in [0.25, 0.3) is 0 Å². The summed E-state index contributed by atoms with van der Waals surface area (Å²) in [6, 6.07) is 3.16. The zero-order chi connectivity index (χ0) is 19.7. The van der Waals surface area contributed by atoms with E-state index < -0.39 is 11.0 Å². The van der Waals surface area contributed by atoms with Crippen LogP contribution in [0.15, 0.2) is 12.1 Å². The Morgan fingerprint density at radius 3 is 2.42 bits per heavy atom. The molecule has 0 radical (unpaired) electrons. The predicted octanol–water partition coefficient (Wildman–Crippen LogP) is 3.01. The number of rotatable bonds is 11. The molecule has 0 atom stereocenters. The highest BCUT2D eigenvalue weighted by atomic mass is 16.6. The molecule has 1 amide bonds. The number of hydrogen-bond donors (Lipinski definition) is 2. The molecule has 3 N–H and O–H groups in total. The highest BCUT2D eigenvalue weighted by Crippen LogP contribution is 2.26. The summed E-state index contributed by atoms with van der Waals surface area (Å²) in [5.74, 6) is 1.79. The second kappa shape index (κ2) is 10.4. The number of anilines is 2. The zero-order valence-corrected chi connectivity index (χ0v) is 15.9. The van der Waals surface area contributed by atoms with E-state index in [0.717, 1.165) is 13.1 Å². The average Bonchev–Trinajstić information content (AvgIpc) is 2.52.